The topological polar surface area (TPSA) is 151 Å². The molecular weight excluding hydrogens is 570 g/mol. The van der Waals surface area contributed by atoms with E-state index in [4.69, 9.17) is 57.2 Å². The zero-order chi connectivity index (χ0) is 31.2. The third-order valence-electron chi connectivity index (χ3n) is 5.34. The highest BCUT2D eigenvalue weighted by molar-refractivity contribution is 5.66. The van der Waals surface area contributed by atoms with Crippen LogP contribution in [0.2, 0.25) is 0 Å². The van der Waals surface area contributed by atoms with Gasteiger partial charge in [0.1, 0.15) is 0 Å². The van der Waals surface area contributed by atoms with Gasteiger partial charge in [0.15, 0.2) is 0 Å². The number of carbonyl (C=O) groups is 1. The molecule has 0 aromatic carbocycles. The first-order valence-electron chi connectivity index (χ1n) is 15.5. The molecule has 0 heterocycles. The molecule has 0 aliphatic carbocycles. The van der Waals surface area contributed by atoms with Crippen LogP contribution in [0.4, 0.5) is 0 Å². The molecule has 0 aromatic rings. The molecule has 0 fully saturated rings. The van der Waals surface area contributed by atoms with Crippen LogP contribution in [0.15, 0.2) is 0 Å². The predicted molar refractivity (Wildman–Crippen MR) is 159 cm³/mol. The van der Waals surface area contributed by atoms with E-state index in [0.717, 1.165) is 19.5 Å². The molecule has 0 aliphatic heterocycles. The van der Waals surface area contributed by atoms with Gasteiger partial charge in [-0.25, -0.2) is 0 Å². The Morgan fingerprint density at radius 1 is 0.419 bits per heavy atom. The minimum Gasteiger partial charge on any atom is -0.481 e. The van der Waals surface area contributed by atoms with Crippen LogP contribution in [0.3, 0.4) is 0 Å². The first-order chi connectivity index (χ1) is 21.3. The molecule has 14 nitrogen and oxygen atoms in total. The quantitative estimate of drug-likeness (QED) is 0.0932. The van der Waals surface area contributed by atoms with E-state index < -0.39 is 5.97 Å². The summed E-state index contributed by atoms with van der Waals surface area (Å²) in [5.41, 5.74) is 0. The van der Waals surface area contributed by atoms with Crippen molar-refractivity contribution in [2.24, 2.45) is 0 Å². The third kappa shape index (κ3) is 41.0. The lowest BCUT2D eigenvalue weighted by Crippen LogP contribution is -2.22. The summed E-state index contributed by atoms with van der Waals surface area (Å²) >= 11 is 0. The summed E-state index contributed by atoms with van der Waals surface area (Å²) in [6.45, 7) is 15.4. The average Bonchev–Trinajstić information content (AvgIpc) is 3.00. The Morgan fingerprint density at radius 3 is 0.977 bits per heavy atom. The van der Waals surface area contributed by atoms with Gasteiger partial charge in [-0.05, 0) is 26.3 Å². The fourth-order valence-electron chi connectivity index (χ4n) is 3.14. The van der Waals surface area contributed by atoms with Crippen LogP contribution in [0, 0.1) is 0 Å². The zero-order valence-corrected chi connectivity index (χ0v) is 26.4. The molecule has 0 saturated heterocycles. The fourth-order valence-corrected chi connectivity index (χ4v) is 3.14. The Labute approximate surface area is 258 Å². The van der Waals surface area contributed by atoms with Crippen LogP contribution in [0.1, 0.15) is 26.2 Å². The largest absolute Gasteiger partial charge is 0.481 e. The van der Waals surface area contributed by atoms with Crippen molar-refractivity contribution in [3.63, 3.8) is 0 Å². The Morgan fingerprint density at radius 2 is 0.698 bits per heavy atom. The molecule has 0 saturated carbocycles. The number of carboxylic acids is 1. The molecule has 2 N–H and O–H groups in total. The Bertz CT molecular complexity index is 535. The molecule has 0 aliphatic rings. The van der Waals surface area contributed by atoms with E-state index in [-0.39, 0.29) is 6.42 Å². The van der Waals surface area contributed by atoms with Gasteiger partial charge in [-0.1, -0.05) is 0 Å². The molecule has 0 spiro atoms. The summed E-state index contributed by atoms with van der Waals surface area (Å²) in [4.78, 5) is 10.4. The lowest BCUT2D eigenvalue weighted by molar-refractivity contribution is -0.137. The van der Waals surface area contributed by atoms with E-state index >= 15 is 0 Å². The number of ether oxygens (including phenoxy) is 11. The molecule has 258 valence electrons. The lowest BCUT2D eigenvalue weighted by Gasteiger charge is -2.09. The number of aliphatic carboxylic acids is 1. The number of unbranched alkanes of at least 4 members (excludes halogenated alkanes) is 1. The number of carboxylic acid groups (broad SMARTS) is 1. The van der Waals surface area contributed by atoms with Crippen molar-refractivity contribution in [2.45, 2.75) is 26.2 Å². The van der Waals surface area contributed by atoms with Gasteiger partial charge >= 0.3 is 5.97 Å². The minimum absolute atomic E-state index is 0.223. The van der Waals surface area contributed by atoms with Crippen molar-refractivity contribution in [3.05, 3.63) is 0 Å². The predicted octanol–water partition coefficient (Wildman–Crippen LogP) is 1.03. The maximum Gasteiger partial charge on any atom is 0.303 e. The zero-order valence-electron chi connectivity index (χ0n) is 26.4. The van der Waals surface area contributed by atoms with Crippen LogP contribution in [0.25, 0.3) is 0 Å². The van der Waals surface area contributed by atoms with Crippen molar-refractivity contribution >= 4 is 5.97 Å². The Balaban J connectivity index is 3.03. The van der Waals surface area contributed by atoms with Gasteiger partial charge in [-0.15, -0.1) is 0 Å². The van der Waals surface area contributed by atoms with Crippen molar-refractivity contribution < 1.29 is 62.0 Å². The second-order valence-electron chi connectivity index (χ2n) is 8.92. The average molecular weight is 630 g/mol. The third-order valence-corrected chi connectivity index (χ3v) is 5.34. The van der Waals surface area contributed by atoms with Crippen LogP contribution in [-0.4, -0.2) is 170 Å². The van der Waals surface area contributed by atoms with E-state index in [1.54, 1.807) is 0 Å². The monoisotopic (exact) mass is 629 g/mol. The van der Waals surface area contributed by atoms with Crippen molar-refractivity contribution in [2.75, 3.05) is 158 Å². The van der Waals surface area contributed by atoms with Crippen molar-refractivity contribution in [1.82, 2.24) is 5.32 Å². The van der Waals surface area contributed by atoms with Gasteiger partial charge in [0.25, 0.3) is 0 Å². The van der Waals surface area contributed by atoms with Crippen molar-refractivity contribution in [1.29, 1.82) is 0 Å². The van der Waals surface area contributed by atoms with Gasteiger partial charge in [-0.3, -0.25) is 4.79 Å². The summed E-state index contributed by atoms with van der Waals surface area (Å²) in [5, 5.41) is 11.8. The molecule has 14 heteroatoms. The van der Waals surface area contributed by atoms with Crippen LogP contribution in [0.5, 0.6) is 0 Å². The van der Waals surface area contributed by atoms with Gasteiger partial charge < -0.3 is 62.5 Å². The van der Waals surface area contributed by atoms with Gasteiger partial charge in [0.2, 0.25) is 0 Å². The first-order valence-corrected chi connectivity index (χ1v) is 15.5. The molecule has 0 amide bonds. The summed E-state index contributed by atoms with van der Waals surface area (Å²) in [5.74, 6) is -0.746. The summed E-state index contributed by atoms with van der Waals surface area (Å²) in [6, 6.07) is 0. The molecule has 0 rings (SSSR count). The second-order valence-corrected chi connectivity index (χ2v) is 8.92. The number of hydrogen-bond acceptors (Lipinski definition) is 13. The second kappa shape index (κ2) is 39.0. The lowest BCUT2D eigenvalue weighted by atomic mass is 10.2. The molecule has 0 radical (unpaired) electrons. The van der Waals surface area contributed by atoms with Crippen molar-refractivity contribution in [3.8, 4) is 0 Å². The minimum atomic E-state index is -0.746. The molecular formula is C29H59NO13. The molecule has 0 atom stereocenters. The highest BCUT2D eigenvalue weighted by Crippen LogP contribution is 1.93. The van der Waals surface area contributed by atoms with E-state index in [1.165, 1.54) is 0 Å². The summed E-state index contributed by atoms with van der Waals surface area (Å²) in [6.07, 6.45) is 1.77. The first kappa shape index (κ1) is 42.0. The Hall–Kier alpha value is -1.01. The summed E-state index contributed by atoms with van der Waals surface area (Å²) in [7, 11) is 0. The molecule has 0 unspecified atom stereocenters. The normalized spacial score (nSPS) is 11.5. The fraction of sp³-hybridized carbons (Fsp3) is 0.966. The molecule has 43 heavy (non-hydrogen) atoms. The van der Waals surface area contributed by atoms with Crippen LogP contribution < -0.4 is 5.32 Å². The van der Waals surface area contributed by atoms with E-state index in [2.05, 4.69) is 5.32 Å². The maximum atomic E-state index is 10.4. The Kier molecular flexibility index (Phi) is 38.1. The van der Waals surface area contributed by atoms with Crippen LogP contribution in [-0.2, 0) is 56.9 Å². The standard InChI is InChI=1S/C29H59NO13/c1-2-33-9-10-35-13-14-37-17-18-39-21-22-41-25-26-43-28-27-42-24-23-40-20-19-38-16-15-36-12-11-34-8-7-30-6-4-3-5-29(31)32/h30H,2-28H2,1H3,(H,31,32). The van der Waals surface area contributed by atoms with E-state index in [0.29, 0.717) is 152 Å². The number of hydrogen-bond donors (Lipinski definition) is 2. The van der Waals surface area contributed by atoms with E-state index in [1.807, 2.05) is 6.92 Å². The molecule has 0 bridgehead atoms. The SMILES string of the molecule is CCOCCOCCOCCOCCOCCOCCOCCOCCOCCOCCOCCNCCCCC(=O)O. The number of nitrogens with one attached hydrogen (secondary N) is 1. The summed E-state index contributed by atoms with van der Waals surface area (Å²) < 4.78 is 59.6. The number of rotatable bonds is 39. The smallest absolute Gasteiger partial charge is 0.303 e. The highest BCUT2D eigenvalue weighted by Gasteiger charge is 1.97. The molecule has 0 aromatic heterocycles. The van der Waals surface area contributed by atoms with Gasteiger partial charge in [0.05, 0.1) is 139 Å². The highest BCUT2D eigenvalue weighted by atomic mass is 16.6. The van der Waals surface area contributed by atoms with Gasteiger partial charge in [-0.2, -0.15) is 0 Å². The van der Waals surface area contributed by atoms with E-state index in [9.17, 15) is 4.79 Å². The maximum absolute atomic E-state index is 10.4. The van der Waals surface area contributed by atoms with Crippen LogP contribution >= 0.6 is 0 Å². The van der Waals surface area contributed by atoms with Gasteiger partial charge in [0, 0.05) is 19.6 Å².